The van der Waals surface area contributed by atoms with Gasteiger partial charge in [0.15, 0.2) is 0 Å². The highest BCUT2D eigenvalue weighted by atomic mass is 35.5. The summed E-state index contributed by atoms with van der Waals surface area (Å²) in [5.41, 5.74) is 5.64. The minimum absolute atomic E-state index is 0. The number of rotatable bonds is 6. The van der Waals surface area contributed by atoms with Crippen LogP contribution in [0.2, 0.25) is 5.02 Å². The van der Waals surface area contributed by atoms with Crippen LogP contribution in [-0.2, 0) is 4.79 Å². The Hall–Kier alpha value is -0.970. The zero-order chi connectivity index (χ0) is 13.5. The quantitative estimate of drug-likeness (QED) is 0.792. The molecule has 1 amide bonds. The van der Waals surface area contributed by atoms with E-state index in [-0.39, 0.29) is 30.3 Å². The zero-order valence-electron chi connectivity index (χ0n) is 11.1. The molecule has 0 saturated heterocycles. The van der Waals surface area contributed by atoms with E-state index in [0.29, 0.717) is 18.2 Å². The molecular weight excluding hydrogens is 287 g/mol. The summed E-state index contributed by atoms with van der Waals surface area (Å²) < 4.78 is 5.45. The second-order valence-corrected chi connectivity index (χ2v) is 4.68. The van der Waals surface area contributed by atoms with E-state index in [2.05, 4.69) is 5.32 Å². The maximum Gasteiger partial charge on any atom is 0.224 e. The van der Waals surface area contributed by atoms with Crippen LogP contribution in [0.4, 0.5) is 0 Å². The van der Waals surface area contributed by atoms with E-state index in [4.69, 9.17) is 22.1 Å². The van der Waals surface area contributed by atoms with Gasteiger partial charge in [-0.2, -0.15) is 0 Å². The Bertz CT molecular complexity index is 383. The number of halogens is 2. The number of hydrogen-bond donors (Lipinski definition) is 2. The third-order valence-corrected chi connectivity index (χ3v) is 2.94. The van der Waals surface area contributed by atoms with E-state index in [0.717, 1.165) is 5.75 Å². The van der Waals surface area contributed by atoms with Crippen molar-refractivity contribution in [3.8, 4) is 5.75 Å². The van der Waals surface area contributed by atoms with Crippen molar-refractivity contribution in [2.45, 2.75) is 19.9 Å². The highest BCUT2D eigenvalue weighted by Crippen LogP contribution is 2.15. The monoisotopic (exact) mass is 306 g/mol. The number of carbonyl (C=O) groups is 1. The molecule has 0 aliphatic carbocycles. The van der Waals surface area contributed by atoms with Crippen LogP contribution in [0, 0.1) is 5.92 Å². The van der Waals surface area contributed by atoms with Crippen LogP contribution in [0.1, 0.15) is 13.8 Å². The topological polar surface area (TPSA) is 64.4 Å². The average molecular weight is 307 g/mol. The highest BCUT2D eigenvalue weighted by molar-refractivity contribution is 6.30. The first-order valence-electron chi connectivity index (χ1n) is 5.92. The van der Waals surface area contributed by atoms with Gasteiger partial charge in [-0.3, -0.25) is 4.79 Å². The summed E-state index contributed by atoms with van der Waals surface area (Å²) in [6.45, 7) is 4.49. The molecule has 0 saturated carbocycles. The van der Waals surface area contributed by atoms with E-state index in [1.807, 2.05) is 6.92 Å². The van der Waals surface area contributed by atoms with Gasteiger partial charge in [-0.25, -0.2) is 0 Å². The van der Waals surface area contributed by atoms with E-state index >= 15 is 0 Å². The Labute approximate surface area is 125 Å². The van der Waals surface area contributed by atoms with Gasteiger partial charge in [0.1, 0.15) is 12.4 Å². The molecule has 108 valence electrons. The predicted octanol–water partition coefficient (Wildman–Crippen LogP) is 2.24. The van der Waals surface area contributed by atoms with Crippen LogP contribution in [0.5, 0.6) is 5.75 Å². The number of nitrogens with one attached hydrogen (secondary N) is 1. The molecule has 4 nitrogen and oxygen atoms in total. The van der Waals surface area contributed by atoms with E-state index in [9.17, 15) is 4.79 Å². The van der Waals surface area contributed by atoms with Crippen molar-refractivity contribution >= 4 is 29.9 Å². The molecule has 0 aliphatic heterocycles. The molecule has 6 heteroatoms. The predicted molar refractivity (Wildman–Crippen MR) is 80.0 cm³/mol. The molecule has 0 heterocycles. The van der Waals surface area contributed by atoms with Crippen LogP contribution >= 0.6 is 24.0 Å². The lowest BCUT2D eigenvalue weighted by atomic mass is 10.0. The fraction of sp³-hybridized carbons (Fsp3) is 0.462. The van der Waals surface area contributed by atoms with Gasteiger partial charge < -0.3 is 15.8 Å². The molecule has 0 aromatic heterocycles. The summed E-state index contributed by atoms with van der Waals surface area (Å²) in [4.78, 5) is 11.6. The third kappa shape index (κ3) is 6.66. The minimum Gasteiger partial charge on any atom is -0.492 e. The largest absolute Gasteiger partial charge is 0.492 e. The first kappa shape index (κ1) is 18.0. The Morgan fingerprint density at radius 3 is 2.47 bits per heavy atom. The van der Waals surface area contributed by atoms with Gasteiger partial charge in [0.25, 0.3) is 0 Å². The summed E-state index contributed by atoms with van der Waals surface area (Å²) >= 11 is 5.75. The molecule has 0 bridgehead atoms. The van der Waals surface area contributed by atoms with Crippen LogP contribution in [0.3, 0.4) is 0 Å². The van der Waals surface area contributed by atoms with Gasteiger partial charge in [0.05, 0.1) is 6.54 Å². The SMILES string of the molecule is CC(N)C(C)C(=O)NCCOc1ccc(Cl)cc1.Cl. The molecule has 1 aromatic carbocycles. The molecular formula is C13H20Cl2N2O2. The normalized spacial score (nSPS) is 13.1. The standard InChI is InChI=1S/C13H19ClN2O2.ClH/c1-9(10(2)15)13(17)16-7-8-18-12-5-3-11(14)4-6-12;/h3-6,9-10H,7-8,15H2,1-2H3,(H,16,17);1H. The lowest BCUT2D eigenvalue weighted by molar-refractivity contribution is -0.125. The van der Waals surface area contributed by atoms with Crippen molar-refractivity contribution in [3.63, 3.8) is 0 Å². The fourth-order valence-corrected chi connectivity index (χ4v) is 1.40. The fourth-order valence-electron chi connectivity index (χ4n) is 1.27. The Morgan fingerprint density at radius 2 is 1.95 bits per heavy atom. The van der Waals surface area contributed by atoms with Gasteiger partial charge in [0.2, 0.25) is 5.91 Å². The van der Waals surface area contributed by atoms with Gasteiger partial charge in [-0.15, -0.1) is 12.4 Å². The second kappa shape index (κ2) is 9.02. The van der Waals surface area contributed by atoms with Crippen LogP contribution in [0.25, 0.3) is 0 Å². The molecule has 19 heavy (non-hydrogen) atoms. The Balaban J connectivity index is 0.00000324. The van der Waals surface area contributed by atoms with E-state index in [1.165, 1.54) is 0 Å². The maximum absolute atomic E-state index is 11.6. The number of hydrogen-bond acceptors (Lipinski definition) is 3. The van der Waals surface area contributed by atoms with Gasteiger partial charge in [-0.05, 0) is 31.2 Å². The summed E-state index contributed by atoms with van der Waals surface area (Å²) in [6.07, 6.45) is 0. The molecule has 1 rings (SSSR count). The summed E-state index contributed by atoms with van der Waals surface area (Å²) in [5, 5.41) is 3.44. The zero-order valence-corrected chi connectivity index (χ0v) is 12.6. The molecule has 0 aliphatic rings. The molecule has 0 spiro atoms. The van der Waals surface area contributed by atoms with Crippen LogP contribution in [0.15, 0.2) is 24.3 Å². The lowest BCUT2D eigenvalue weighted by Gasteiger charge is -2.15. The van der Waals surface area contributed by atoms with Gasteiger partial charge >= 0.3 is 0 Å². The molecule has 1 aromatic rings. The van der Waals surface area contributed by atoms with Crippen molar-refractivity contribution in [3.05, 3.63) is 29.3 Å². The second-order valence-electron chi connectivity index (χ2n) is 4.24. The number of carbonyl (C=O) groups excluding carboxylic acids is 1. The number of amides is 1. The van der Waals surface area contributed by atoms with Crippen molar-refractivity contribution in [2.75, 3.05) is 13.2 Å². The van der Waals surface area contributed by atoms with Crippen molar-refractivity contribution in [1.29, 1.82) is 0 Å². The summed E-state index contributed by atoms with van der Waals surface area (Å²) in [7, 11) is 0. The summed E-state index contributed by atoms with van der Waals surface area (Å²) in [5.74, 6) is 0.485. The van der Waals surface area contributed by atoms with Crippen LogP contribution in [-0.4, -0.2) is 25.1 Å². The highest BCUT2D eigenvalue weighted by Gasteiger charge is 2.15. The molecule has 0 fully saturated rings. The maximum atomic E-state index is 11.6. The third-order valence-electron chi connectivity index (χ3n) is 2.69. The molecule has 3 N–H and O–H groups in total. The number of benzene rings is 1. The number of nitrogens with two attached hydrogens (primary N) is 1. The van der Waals surface area contributed by atoms with E-state index < -0.39 is 0 Å². The van der Waals surface area contributed by atoms with Crippen molar-refractivity contribution in [1.82, 2.24) is 5.32 Å². The first-order chi connectivity index (χ1) is 8.50. The molecule has 0 radical (unpaired) electrons. The summed E-state index contributed by atoms with van der Waals surface area (Å²) in [6, 6.07) is 6.94. The van der Waals surface area contributed by atoms with Gasteiger partial charge in [0, 0.05) is 17.0 Å². The smallest absolute Gasteiger partial charge is 0.224 e. The van der Waals surface area contributed by atoms with Crippen molar-refractivity contribution in [2.24, 2.45) is 11.7 Å². The van der Waals surface area contributed by atoms with Crippen LogP contribution < -0.4 is 15.8 Å². The molecule has 2 unspecified atom stereocenters. The van der Waals surface area contributed by atoms with Gasteiger partial charge in [-0.1, -0.05) is 18.5 Å². The van der Waals surface area contributed by atoms with E-state index in [1.54, 1.807) is 31.2 Å². The molecule has 2 atom stereocenters. The average Bonchev–Trinajstić information content (AvgIpc) is 2.35. The number of ether oxygens (including phenoxy) is 1. The lowest BCUT2D eigenvalue weighted by Crippen LogP contribution is -2.40. The first-order valence-corrected chi connectivity index (χ1v) is 6.30. The minimum atomic E-state index is -0.194. The van der Waals surface area contributed by atoms with Crippen molar-refractivity contribution < 1.29 is 9.53 Å². The Kier molecular flexibility index (Phi) is 8.56. The Morgan fingerprint density at radius 1 is 1.37 bits per heavy atom.